The SMILES string of the molecule is C=C(C(C)C)N1CCCCCNC(=O)c2ccc(cc2)Nc2nc(nc(OCC(C)(F)F)n2)NCc2ccc(cc2)OCC1. The number of benzene rings is 2. The van der Waals surface area contributed by atoms with Crippen LogP contribution < -0.4 is 25.4 Å². The van der Waals surface area contributed by atoms with Gasteiger partial charge in [-0.15, -0.1) is 0 Å². The van der Waals surface area contributed by atoms with Gasteiger partial charge in [-0.05, 0) is 67.1 Å². The molecular formula is C32H41F2N7O3. The fourth-order valence-electron chi connectivity index (χ4n) is 4.41. The van der Waals surface area contributed by atoms with Crippen molar-refractivity contribution in [1.82, 2.24) is 25.2 Å². The number of rotatable bonds is 5. The zero-order valence-electron chi connectivity index (χ0n) is 25.5. The topological polar surface area (TPSA) is 114 Å². The zero-order chi connectivity index (χ0) is 31.5. The molecule has 0 saturated carbocycles. The maximum absolute atomic E-state index is 13.5. The van der Waals surface area contributed by atoms with Crippen molar-refractivity contribution in [3.63, 3.8) is 0 Å². The molecule has 3 aromatic rings. The highest BCUT2D eigenvalue weighted by Crippen LogP contribution is 2.21. The fraction of sp³-hybridized carbons (Fsp3) is 0.438. The first kappa shape index (κ1) is 32.4. The lowest BCUT2D eigenvalue weighted by Crippen LogP contribution is -2.31. The van der Waals surface area contributed by atoms with Gasteiger partial charge in [0.25, 0.3) is 11.8 Å². The Morgan fingerprint density at radius 1 is 1.00 bits per heavy atom. The van der Waals surface area contributed by atoms with Crippen LogP contribution in [0, 0.1) is 5.92 Å². The second-order valence-electron chi connectivity index (χ2n) is 11.1. The predicted octanol–water partition coefficient (Wildman–Crippen LogP) is 6.03. The van der Waals surface area contributed by atoms with E-state index in [0.29, 0.717) is 36.9 Å². The maximum Gasteiger partial charge on any atom is 0.323 e. The number of anilines is 3. The number of carbonyl (C=O) groups excluding carboxylic acids is 1. The molecule has 12 heteroatoms. The van der Waals surface area contributed by atoms with Crippen molar-refractivity contribution < 1.29 is 23.0 Å². The standard InChI is InChI=1S/C32H41F2N7O3/c1-22(2)23(3)41-17-7-5-6-16-35-28(42)25-10-12-26(13-11-25)37-30-38-29(39-31(40-30)44-21-32(4,33)34)36-20-24-8-14-27(15-9-24)43-19-18-41/h8-15,22H,3,5-7,16-21H2,1-2,4H3,(H,35,42)(H2,36,37,38,39,40). The number of allylic oxidation sites excluding steroid dienone is 1. The summed E-state index contributed by atoms with van der Waals surface area (Å²) >= 11 is 0. The highest BCUT2D eigenvalue weighted by Gasteiger charge is 2.23. The van der Waals surface area contributed by atoms with E-state index in [-0.39, 0.29) is 23.8 Å². The third-order valence-corrected chi connectivity index (χ3v) is 6.94. The van der Waals surface area contributed by atoms with Gasteiger partial charge in [-0.2, -0.15) is 15.0 Å². The maximum atomic E-state index is 13.5. The summed E-state index contributed by atoms with van der Waals surface area (Å²) in [4.78, 5) is 27.6. The van der Waals surface area contributed by atoms with Crippen LogP contribution in [-0.2, 0) is 6.54 Å². The van der Waals surface area contributed by atoms with Crippen molar-refractivity contribution in [1.29, 1.82) is 0 Å². The summed E-state index contributed by atoms with van der Waals surface area (Å²) in [6.45, 7) is 11.5. The number of carbonyl (C=O) groups is 1. The summed E-state index contributed by atoms with van der Waals surface area (Å²) < 4.78 is 38.1. The zero-order valence-corrected chi connectivity index (χ0v) is 25.5. The number of fused-ring (bicyclic) bond motifs is 2. The summed E-state index contributed by atoms with van der Waals surface area (Å²) in [5.74, 6) is -1.91. The Balaban J connectivity index is 1.53. The van der Waals surface area contributed by atoms with Gasteiger partial charge in [0, 0.05) is 43.5 Å². The molecule has 3 N–H and O–H groups in total. The van der Waals surface area contributed by atoms with Gasteiger partial charge in [-0.1, -0.05) is 32.6 Å². The molecule has 0 aliphatic carbocycles. The van der Waals surface area contributed by atoms with Gasteiger partial charge in [0.2, 0.25) is 11.9 Å². The molecule has 3 aliphatic heterocycles. The number of nitrogens with zero attached hydrogens (tertiary/aromatic N) is 4. The molecule has 4 heterocycles. The third-order valence-electron chi connectivity index (χ3n) is 6.94. The van der Waals surface area contributed by atoms with E-state index in [4.69, 9.17) is 9.47 Å². The number of nitrogens with one attached hydrogen (secondary N) is 3. The number of ether oxygens (including phenoxy) is 2. The number of alkyl halides is 2. The summed E-state index contributed by atoms with van der Waals surface area (Å²) in [7, 11) is 0. The van der Waals surface area contributed by atoms with Crippen LogP contribution >= 0.6 is 0 Å². The second kappa shape index (κ2) is 15.3. The fourth-order valence-corrected chi connectivity index (χ4v) is 4.41. The highest BCUT2D eigenvalue weighted by atomic mass is 19.3. The Morgan fingerprint density at radius 2 is 1.73 bits per heavy atom. The average Bonchev–Trinajstić information content (AvgIpc) is 2.99. The van der Waals surface area contributed by atoms with E-state index in [0.717, 1.165) is 56.3 Å². The Hall–Kier alpha value is -4.48. The van der Waals surface area contributed by atoms with Crippen LogP contribution in [0.25, 0.3) is 0 Å². The molecule has 6 bridgehead atoms. The van der Waals surface area contributed by atoms with Gasteiger partial charge in [0.1, 0.15) is 12.4 Å². The van der Waals surface area contributed by atoms with E-state index in [9.17, 15) is 13.6 Å². The first-order valence-electron chi connectivity index (χ1n) is 14.9. The van der Waals surface area contributed by atoms with Crippen LogP contribution in [0.4, 0.5) is 26.4 Å². The van der Waals surface area contributed by atoms with Crippen molar-refractivity contribution in [3.05, 3.63) is 71.9 Å². The lowest BCUT2D eigenvalue weighted by molar-refractivity contribution is -0.0256. The first-order chi connectivity index (χ1) is 21.1. The molecule has 0 saturated heterocycles. The van der Waals surface area contributed by atoms with Crippen molar-refractivity contribution in [2.24, 2.45) is 5.92 Å². The van der Waals surface area contributed by atoms with Crippen LogP contribution in [0.3, 0.4) is 0 Å². The highest BCUT2D eigenvalue weighted by molar-refractivity contribution is 5.94. The van der Waals surface area contributed by atoms with Gasteiger partial charge >= 0.3 is 6.01 Å². The van der Waals surface area contributed by atoms with Crippen molar-refractivity contribution in [2.45, 2.75) is 52.5 Å². The van der Waals surface area contributed by atoms with Crippen LogP contribution in [0.15, 0.2) is 60.8 Å². The number of halogens is 2. The Bertz CT molecular complexity index is 1380. The van der Waals surface area contributed by atoms with E-state index in [1.54, 1.807) is 24.3 Å². The van der Waals surface area contributed by atoms with Gasteiger partial charge < -0.3 is 30.3 Å². The largest absolute Gasteiger partial charge is 0.492 e. The molecule has 6 rings (SSSR count). The minimum atomic E-state index is -3.06. The molecule has 0 atom stereocenters. The average molecular weight is 610 g/mol. The molecule has 10 nitrogen and oxygen atoms in total. The molecule has 236 valence electrons. The summed E-state index contributed by atoms with van der Waals surface area (Å²) in [6, 6.07) is 14.2. The summed E-state index contributed by atoms with van der Waals surface area (Å²) in [5, 5.41) is 9.11. The van der Waals surface area contributed by atoms with Crippen molar-refractivity contribution in [2.75, 3.05) is 43.5 Å². The Morgan fingerprint density at radius 3 is 2.43 bits per heavy atom. The van der Waals surface area contributed by atoms with E-state index in [1.165, 1.54) is 0 Å². The number of aromatic nitrogens is 3. The number of amides is 1. The molecule has 1 aromatic heterocycles. The molecule has 0 spiro atoms. The van der Waals surface area contributed by atoms with Crippen molar-refractivity contribution in [3.8, 4) is 11.8 Å². The minimum absolute atomic E-state index is 0.0950. The minimum Gasteiger partial charge on any atom is -0.492 e. The molecule has 1 amide bonds. The van der Waals surface area contributed by atoms with Gasteiger partial charge in [0.15, 0.2) is 6.61 Å². The van der Waals surface area contributed by atoms with E-state index in [2.05, 4.69) is 56.2 Å². The van der Waals surface area contributed by atoms with Crippen LogP contribution in [0.5, 0.6) is 11.8 Å². The summed E-state index contributed by atoms with van der Waals surface area (Å²) in [6.07, 6.45) is 2.81. The van der Waals surface area contributed by atoms with Crippen LogP contribution in [0.1, 0.15) is 56.0 Å². The lowest BCUT2D eigenvalue weighted by Gasteiger charge is -2.29. The smallest absolute Gasteiger partial charge is 0.323 e. The Labute approximate surface area is 257 Å². The lowest BCUT2D eigenvalue weighted by atomic mass is 10.1. The monoisotopic (exact) mass is 609 g/mol. The molecule has 0 fully saturated rings. The van der Waals surface area contributed by atoms with Gasteiger partial charge in [-0.3, -0.25) is 4.79 Å². The van der Waals surface area contributed by atoms with Crippen LogP contribution in [0.2, 0.25) is 0 Å². The molecular weight excluding hydrogens is 568 g/mol. The van der Waals surface area contributed by atoms with E-state index < -0.39 is 12.5 Å². The predicted molar refractivity (Wildman–Crippen MR) is 167 cm³/mol. The van der Waals surface area contributed by atoms with E-state index >= 15 is 0 Å². The number of hydrogen-bond donors (Lipinski definition) is 3. The quantitative estimate of drug-likeness (QED) is 0.319. The number of hydrogen-bond acceptors (Lipinski definition) is 9. The molecule has 0 unspecified atom stereocenters. The normalized spacial score (nSPS) is 15.3. The second-order valence-corrected chi connectivity index (χ2v) is 11.1. The molecule has 44 heavy (non-hydrogen) atoms. The molecule has 2 aromatic carbocycles. The Kier molecular flexibility index (Phi) is 11.3. The molecule has 3 aliphatic rings. The van der Waals surface area contributed by atoms with E-state index in [1.807, 2.05) is 24.3 Å². The van der Waals surface area contributed by atoms with Crippen molar-refractivity contribution >= 4 is 23.5 Å². The molecule has 0 radical (unpaired) electrons. The first-order valence-corrected chi connectivity index (χ1v) is 14.9. The third kappa shape index (κ3) is 10.4. The van der Waals surface area contributed by atoms with Gasteiger partial charge in [0.05, 0.1) is 6.54 Å². The van der Waals surface area contributed by atoms with Crippen LogP contribution in [-0.4, -0.2) is 64.5 Å². The van der Waals surface area contributed by atoms with Gasteiger partial charge in [-0.25, -0.2) is 8.78 Å². The summed E-state index contributed by atoms with van der Waals surface area (Å²) in [5.41, 5.74) is 3.12.